The van der Waals surface area contributed by atoms with Crippen molar-refractivity contribution in [2.45, 2.75) is 20.3 Å². The molecule has 0 unspecified atom stereocenters. The molecular weight excluding hydrogens is 288 g/mol. The number of aryl methyl sites for hydroxylation is 2. The van der Waals surface area contributed by atoms with E-state index in [9.17, 15) is 4.79 Å². The summed E-state index contributed by atoms with van der Waals surface area (Å²) in [6.45, 7) is 4.61. The van der Waals surface area contributed by atoms with Crippen LogP contribution in [-0.2, 0) is 13.5 Å². The molecule has 0 saturated carbocycles. The molecule has 0 aliphatic rings. The van der Waals surface area contributed by atoms with E-state index in [-0.39, 0.29) is 5.91 Å². The summed E-state index contributed by atoms with van der Waals surface area (Å²) in [6.07, 6.45) is 2.44. The van der Waals surface area contributed by atoms with Crippen LogP contribution < -0.4 is 5.32 Å². The lowest BCUT2D eigenvalue weighted by Crippen LogP contribution is -2.27. The summed E-state index contributed by atoms with van der Waals surface area (Å²) in [6, 6.07) is 9.69. The first-order valence-corrected chi connectivity index (χ1v) is 7.69. The van der Waals surface area contributed by atoms with Gasteiger partial charge in [-0.3, -0.25) is 14.5 Å². The molecule has 1 aromatic carbocycles. The van der Waals surface area contributed by atoms with E-state index in [1.807, 2.05) is 55.9 Å². The van der Waals surface area contributed by atoms with Crippen LogP contribution in [0.4, 0.5) is 0 Å². The number of nitrogens with one attached hydrogen (secondary N) is 1. The molecule has 1 N–H and O–H groups in total. The van der Waals surface area contributed by atoms with Gasteiger partial charge >= 0.3 is 0 Å². The fourth-order valence-electron chi connectivity index (χ4n) is 2.86. The van der Waals surface area contributed by atoms with Gasteiger partial charge in [-0.15, -0.1) is 0 Å². The Balaban J connectivity index is 1.72. The third-order valence-corrected chi connectivity index (χ3v) is 4.21. The first-order valence-electron chi connectivity index (χ1n) is 7.69. The Hall–Kier alpha value is -2.69. The molecule has 0 aliphatic heterocycles. The number of pyridine rings is 1. The van der Waals surface area contributed by atoms with Crippen molar-refractivity contribution in [3.05, 3.63) is 59.2 Å². The van der Waals surface area contributed by atoms with E-state index >= 15 is 0 Å². The maximum Gasteiger partial charge on any atom is 0.270 e. The summed E-state index contributed by atoms with van der Waals surface area (Å²) < 4.78 is 1.87. The smallest absolute Gasteiger partial charge is 0.270 e. The Bertz CT molecular complexity index is 861. The highest BCUT2D eigenvalue weighted by Gasteiger charge is 2.13. The first kappa shape index (κ1) is 15.2. The van der Waals surface area contributed by atoms with Crippen LogP contribution in [0.3, 0.4) is 0 Å². The molecule has 0 aliphatic carbocycles. The fraction of sp³-hybridized carbons (Fsp3) is 0.278. The molecule has 23 heavy (non-hydrogen) atoms. The van der Waals surface area contributed by atoms with Crippen LogP contribution in [0.2, 0.25) is 0 Å². The molecule has 118 valence electrons. The summed E-state index contributed by atoms with van der Waals surface area (Å²) in [5.74, 6) is -0.138. The molecule has 0 spiro atoms. The quantitative estimate of drug-likeness (QED) is 0.806. The molecule has 3 rings (SSSR count). The van der Waals surface area contributed by atoms with Gasteiger partial charge in [0, 0.05) is 30.9 Å². The first-order chi connectivity index (χ1) is 11.1. The average Bonchev–Trinajstić information content (AvgIpc) is 2.80. The van der Waals surface area contributed by atoms with Crippen LogP contribution in [-0.4, -0.2) is 27.2 Å². The second-order valence-corrected chi connectivity index (χ2v) is 5.66. The van der Waals surface area contributed by atoms with Crippen molar-refractivity contribution >= 4 is 16.7 Å². The summed E-state index contributed by atoms with van der Waals surface area (Å²) >= 11 is 0. The number of hydrogen-bond donors (Lipinski definition) is 1. The van der Waals surface area contributed by atoms with Gasteiger partial charge in [0.05, 0.1) is 5.69 Å². The molecular formula is C18H20N4O. The number of rotatable bonds is 4. The van der Waals surface area contributed by atoms with Gasteiger partial charge in [-0.1, -0.05) is 24.3 Å². The zero-order valence-corrected chi connectivity index (χ0v) is 13.6. The molecule has 0 radical (unpaired) electrons. The predicted octanol–water partition coefficient (Wildman–Crippen LogP) is 2.56. The fourth-order valence-corrected chi connectivity index (χ4v) is 2.86. The normalized spacial score (nSPS) is 10.9. The number of carbonyl (C=O) groups excluding carboxylic acids is 1. The van der Waals surface area contributed by atoms with Gasteiger partial charge in [0.15, 0.2) is 0 Å². The van der Waals surface area contributed by atoms with E-state index in [0.717, 1.165) is 28.6 Å². The van der Waals surface area contributed by atoms with Gasteiger partial charge in [0.1, 0.15) is 5.69 Å². The lowest BCUT2D eigenvalue weighted by Gasteiger charge is -2.07. The molecule has 1 amide bonds. The second kappa shape index (κ2) is 6.20. The highest BCUT2D eigenvalue weighted by atomic mass is 16.1. The van der Waals surface area contributed by atoms with Crippen LogP contribution in [0.1, 0.15) is 27.4 Å². The summed E-state index contributed by atoms with van der Waals surface area (Å²) in [7, 11) is 1.93. The van der Waals surface area contributed by atoms with Crippen molar-refractivity contribution in [2.24, 2.45) is 7.05 Å². The lowest BCUT2D eigenvalue weighted by atomic mass is 10.1. The van der Waals surface area contributed by atoms with E-state index in [4.69, 9.17) is 0 Å². The Morgan fingerprint density at radius 1 is 1.22 bits per heavy atom. The van der Waals surface area contributed by atoms with Crippen LogP contribution in [0, 0.1) is 13.8 Å². The lowest BCUT2D eigenvalue weighted by molar-refractivity contribution is 0.0951. The average molecular weight is 308 g/mol. The summed E-state index contributed by atoms with van der Waals surface area (Å²) in [5.41, 5.74) is 3.82. The van der Waals surface area contributed by atoms with Crippen molar-refractivity contribution < 1.29 is 4.79 Å². The third kappa shape index (κ3) is 2.95. The number of aromatic nitrogens is 3. The van der Waals surface area contributed by atoms with E-state index in [0.29, 0.717) is 12.2 Å². The molecule has 3 aromatic rings. The maximum absolute atomic E-state index is 12.4. The maximum atomic E-state index is 12.4. The summed E-state index contributed by atoms with van der Waals surface area (Å²) in [5, 5.41) is 9.26. The number of fused-ring (bicyclic) bond motifs is 1. The van der Waals surface area contributed by atoms with Crippen molar-refractivity contribution in [2.75, 3.05) is 6.54 Å². The summed E-state index contributed by atoms with van der Waals surface area (Å²) in [4.78, 5) is 16.7. The molecule has 0 saturated heterocycles. The Kier molecular flexibility index (Phi) is 4.10. The van der Waals surface area contributed by atoms with E-state index in [1.54, 1.807) is 6.20 Å². The SMILES string of the molecule is Cc1nn(C)c(C)c1CCNC(=O)c1nccc2ccccc12. The van der Waals surface area contributed by atoms with Gasteiger partial charge in [-0.25, -0.2) is 0 Å². The van der Waals surface area contributed by atoms with Gasteiger partial charge in [0.25, 0.3) is 5.91 Å². The van der Waals surface area contributed by atoms with Crippen molar-refractivity contribution in [1.82, 2.24) is 20.1 Å². The Labute approximate surface area is 135 Å². The van der Waals surface area contributed by atoms with Crippen LogP contribution >= 0.6 is 0 Å². The number of hydrogen-bond acceptors (Lipinski definition) is 3. The van der Waals surface area contributed by atoms with Crippen molar-refractivity contribution in [1.29, 1.82) is 0 Å². The number of amides is 1. The standard InChI is InChI=1S/C18H20N4O/c1-12-15(13(2)22(3)21-12)9-11-20-18(23)17-16-7-5-4-6-14(16)8-10-19-17/h4-8,10H,9,11H2,1-3H3,(H,20,23). The Morgan fingerprint density at radius 2 is 2.00 bits per heavy atom. The third-order valence-electron chi connectivity index (χ3n) is 4.21. The molecule has 2 heterocycles. The minimum absolute atomic E-state index is 0.138. The second-order valence-electron chi connectivity index (χ2n) is 5.66. The number of nitrogens with zero attached hydrogens (tertiary/aromatic N) is 3. The largest absolute Gasteiger partial charge is 0.350 e. The number of benzene rings is 1. The van der Waals surface area contributed by atoms with Crippen LogP contribution in [0.25, 0.3) is 10.8 Å². The van der Waals surface area contributed by atoms with E-state index < -0.39 is 0 Å². The molecule has 2 aromatic heterocycles. The van der Waals surface area contributed by atoms with E-state index in [1.165, 1.54) is 5.56 Å². The van der Waals surface area contributed by atoms with Gasteiger partial charge < -0.3 is 5.32 Å². The minimum atomic E-state index is -0.138. The zero-order chi connectivity index (χ0) is 16.4. The monoisotopic (exact) mass is 308 g/mol. The minimum Gasteiger partial charge on any atom is -0.350 e. The highest BCUT2D eigenvalue weighted by Crippen LogP contribution is 2.16. The van der Waals surface area contributed by atoms with Crippen LogP contribution in [0.5, 0.6) is 0 Å². The van der Waals surface area contributed by atoms with Gasteiger partial charge in [0.2, 0.25) is 0 Å². The highest BCUT2D eigenvalue weighted by molar-refractivity contribution is 6.05. The molecule has 5 nitrogen and oxygen atoms in total. The molecule has 0 fully saturated rings. The van der Waals surface area contributed by atoms with Gasteiger partial charge in [-0.2, -0.15) is 5.10 Å². The molecule has 5 heteroatoms. The Morgan fingerprint density at radius 3 is 2.74 bits per heavy atom. The van der Waals surface area contributed by atoms with E-state index in [2.05, 4.69) is 15.4 Å². The topological polar surface area (TPSA) is 59.8 Å². The van der Waals surface area contributed by atoms with Crippen molar-refractivity contribution in [3.8, 4) is 0 Å². The molecule has 0 bridgehead atoms. The zero-order valence-electron chi connectivity index (χ0n) is 13.6. The van der Waals surface area contributed by atoms with Crippen molar-refractivity contribution in [3.63, 3.8) is 0 Å². The predicted molar refractivity (Wildman–Crippen MR) is 90.5 cm³/mol. The molecule has 0 atom stereocenters. The number of carbonyl (C=O) groups is 1. The van der Waals surface area contributed by atoms with Crippen LogP contribution in [0.15, 0.2) is 36.5 Å². The van der Waals surface area contributed by atoms with Gasteiger partial charge in [-0.05, 0) is 37.3 Å².